The van der Waals surface area contributed by atoms with Crippen LogP contribution in [0.25, 0.3) is 11.2 Å². The summed E-state index contributed by atoms with van der Waals surface area (Å²) in [6.07, 6.45) is 1.28. The number of nitrogen functional groups attached to an aromatic ring is 1. The molecule has 0 unspecified atom stereocenters. The second-order valence-corrected chi connectivity index (χ2v) is 2.90. The van der Waals surface area contributed by atoms with Crippen LogP contribution < -0.4 is 5.73 Å². The van der Waals surface area contributed by atoms with Gasteiger partial charge in [0.1, 0.15) is 5.52 Å². The minimum Gasteiger partial charge on any atom is -0.478 e. The molecule has 2 aromatic heterocycles. The van der Waals surface area contributed by atoms with E-state index < -0.39 is 5.97 Å². The van der Waals surface area contributed by atoms with Gasteiger partial charge in [-0.2, -0.15) is 0 Å². The predicted molar refractivity (Wildman–Crippen MR) is 49.9 cm³/mol. The highest BCUT2D eigenvalue weighted by atomic mass is 16.4. The summed E-state index contributed by atoms with van der Waals surface area (Å²) in [6, 6.07) is 1.45. The highest BCUT2D eigenvalue weighted by Gasteiger charge is 2.09. The van der Waals surface area contributed by atoms with Gasteiger partial charge in [-0.15, -0.1) is 0 Å². The monoisotopic (exact) mass is 192 g/mol. The summed E-state index contributed by atoms with van der Waals surface area (Å²) in [6.45, 7) is 0. The van der Waals surface area contributed by atoms with Crippen molar-refractivity contribution >= 4 is 23.1 Å². The fraction of sp³-hybridized carbons (Fsp3) is 0.125. The van der Waals surface area contributed by atoms with Gasteiger partial charge in [-0.1, -0.05) is 0 Å². The molecule has 0 amide bonds. The summed E-state index contributed by atoms with van der Waals surface area (Å²) in [7, 11) is 1.72. The van der Waals surface area contributed by atoms with Gasteiger partial charge < -0.3 is 10.8 Å². The average molecular weight is 192 g/mol. The molecule has 3 N–H and O–H groups in total. The molecule has 2 aromatic rings. The first-order chi connectivity index (χ1) is 6.59. The highest BCUT2D eigenvalue weighted by Crippen LogP contribution is 2.14. The number of nitrogens with zero attached hydrogens (tertiary/aromatic N) is 3. The van der Waals surface area contributed by atoms with E-state index in [1.54, 1.807) is 11.6 Å². The molecule has 6 nitrogen and oxygen atoms in total. The first kappa shape index (κ1) is 8.49. The normalized spacial score (nSPS) is 10.6. The van der Waals surface area contributed by atoms with E-state index in [9.17, 15) is 4.79 Å². The zero-order valence-corrected chi connectivity index (χ0v) is 7.43. The molecule has 72 valence electrons. The molecule has 0 radical (unpaired) electrons. The van der Waals surface area contributed by atoms with Crippen molar-refractivity contribution in [3.8, 4) is 0 Å². The Balaban J connectivity index is 2.73. The van der Waals surface area contributed by atoms with Crippen LogP contribution in [0, 0.1) is 0 Å². The van der Waals surface area contributed by atoms with Gasteiger partial charge >= 0.3 is 5.97 Å². The lowest BCUT2D eigenvalue weighted by Crippen LogP contribution is -1.99. The Morgan fingerprint density at radius 2 is 2.36 bits per heavy atom. The van der Waals surface area contributed by atoms with Crippen molar-refractivity contribution in [2.75, 3.05) is 5.73 Å². The Labute approximate surface area is 79.0 Å². The van der Waals surface area contributed by atoms with Crippen LogP contribution in [0.3, 0.4) is 0 Å². The molecule has 0 bridgehead atoms. The highest BCUT2D eigenvalue weighted by molar-refractivity contribution is 5.91. The number of hydrogen-bond donors (Lipinski definition) is 2. The fourth-order valence-electron chi connectivity index (χ4n) is 1.21. The third-order valence-corrected chi connectivity index (χ3v) is 1.99. The number of carboxylic acids is 1. The number of carboxylic acid groups (broad SMARTS) is 1. The van der Waals surface area contributed by atoms with Crippen molar-refractivity contribution in [2.24, 2.45) is 7.05 Å². The van der Waals surface area contributed by atoms with Gasteiger partial charge in [-0.25, -0.2) is 14.8 Å². The summed E-state index contributed by atoms with van der Waals surface area (Å²) in [5.41, 5.74) is 6.72. The summed E-state index contributed by atoms with van der Waals surface area (Å²) in [4.78, 5) is 18.6. The van der Waals surface area contributed by atoms with Crippen LogP contribution >= 0.6 is 0 Å². The fourth-order valence-corrected chi connectivity index (χ4v) is 1.21. The topological polar surface area (TPSA) is 94.0 Å². The Bertz CT molecular complexity index is 517. The molecule has 0 fully saturated rings. The summed E-state index contributed by atoms with van der Waals surface area (Å²) in [5, 5.41) is 8.71. The standard InChI is InChI=1S/C8H8N4O2/c1-12-6-5(11-8(12)9)2-4(3-10-6)7(13)14/h2-3H,1H3,(H2,9,11)(H,13,14). The lowest BCUT2D eigenvalue weighted by atomic mass is 10.3. The SMILES string of the molecule is Cn1c(N)nc2cc(C(=O)O)cnc21. The van der Waals surface area contributed by atoms with Crippen molar-refractivity contribution in [2.45, 2.75) is 0 Å². The van der Waals surface area contributed by atoms with Crippen LogP contribution in [0.5, 0.6) is 0 Å². The molecule has 2 rings (SSSR count). The maximum Gasteiger partial charge on any atom is 0.337 e. The van der Waals surface area contributed by atoms with E-state index in [1.165, 1.54) is 12.3 Å². The maximum atomic E-state index is 10.6. The number of rotatable bonds is 1. The van der Waals surface area contributed by atoms with E-state index in [-0.39, 0.29) is 5.56 Å². The molecule has 0 saturated heterocycles. The molecule has 0 aliphatic rings. The van der Waals surface area contributed by atoms with E-state index in [4.69, 9.17) is 10.8 Å². The quantitative estimate of drug-likeness (QED) is 0.675. The molecular formula is C8H8N4O2. The Hall–Kier alpha value is -2.11. The third-order valence-electron chi connectivity index (χ3n) is 1.99. The van der Waals surface area contributed by atoms with Crippen molar-refractivity contribution < 1.29 is 9.90 Å². The molecule has 0 saturated carbocycles. The third kappa shape index (κ3) is 1.08. The van der Waals surface area contributed by atoms with Crippen molar-refractivity contribution in [3.63, 3.8) is 0 Å². The minimum atomic E-state index is -1.02. The molecule has 2 heterocycles. The van der Waals surface area contributed by atoms with Gasteiger partial charge in [0.15, 0.2) is 5.65 Å². The van der Waals surface area contributed by atoms with Gasteiger partial charge in [-0.05, 0) is 6.07 Å². The molecule has 0 aliphatic heterocycles. The molecule has 0 aliphatic carbocycles. The van der Waals surface area contributed by atoms with Crippen LogP contribution in [0.2, 0.25) is 0 Å². The van der Waals surface area contributed by atoms with Crippen LogP contribution in [0.15, 0.2) is 12.3 Å². The van der Waals surface area contributed by atoms with Crippen LogP contribution in [0.1, 0.15) is 10.4 Å². The summed E-state index contributed by atoms with van der Waals surface area (Å²) in [5.74, 6) is -0.710. The van der Waals surface area contributed by atoms with E-state index in [1.807, 2.05) is 0 Å². The smallest absolute Gasteiger partial charge is 0.337 e. The first-order valence-electron chi connectivity index (χ1n) is 3.91. The van der Waals surface area contributed by atoms with Gasteiger partial charge in [0.25, 0.3) is 0 Å². The lowest BCUT2D eigenvalue weighted by molar-refractivity contribution is 0.0696. The minimum absolute atomic E-state index is 0.107. The zero-order valence-electron chi connectivity index (χ0n) is 7.43. The molecule has 14 heavy (non-hydrogen) atoms. The van der Waals surface area contributed by atoms with Crippen LogP contribution in [-0.4, -0.2) is 25.6 Å². The molecule has 0 spiro atoms. The van der Waals surface area contributed by atoms with E-state index in [0.29, 0.717) is 17.1 Å². The molecular weight excluding hydrogens is 184 g/mol. The summed E-state index contributed by atoms with van der Waals surface area (Å²) < 4.78 is 1.60. The second kappa shape index (κ2) is 2.69. The first-order valence-corrected chi connectivity index (χ1v) is 3.91. The number of carbonyl (C=O) groups is 1. The predicted octanol–water partition coefficient (Wildman–Crippen LogP) is 0.249. The van der Waals surface area contributed by atoms with Gasteiger partial charge in [0, 0.05) is 13.2 Å². The number of fused-ring (bicyclic) bond motifs is 1. The number of pyridine rings is 1. The number of aromatic carboxylic acids is 1. The number of imidazole rings is 1. The van der Waals surface area contributed by atoms with Crippen molar-refractivity contribution in [3.05, 3.63) is 17.8 Å². The van der Waals surface area contributed by atoms with Crippen molar-refractivity contribution in [1.82, 2.24) is 14.5 Å². The van der Waals surface area contributed by atoms with Gasteiger partial charge in [0.2, 0.25) is 5.95 Å². The Morgan fingerprint density at radius 3 is 3.00 bits per heavy atom. The second-order valence-electron chi connectivity index (χ2n) is 2.90. The Kier molecular flexibility index (Phi) is 1.63. The Morgan fingerprint density at radius 1 is 1.64 bits per heavy atom. The number of aromatic nitrogens is 3. The molecule has 6 heteroatoms. The van der Waals surface area contributed by atoms with E-state index in [0.717, 1.165) is 0 Å². The largest absolute Gasteiger partial charge is 0.478 e. The summed E-state index contributed by atoms with van der Waals surface area (Å²) >= 11 is 0. The van der Waals surface area contributed by atoms with E-state index >= 15 is 0 Å². The maximum absolute atomic E-state index is 10.6. The number of hydrogen-bond acceptors (Lipinski definition) is 4. The lowest BCUT2D eigenvalue weighted by Gasteiger charge is -1.95. The number of aryl methyl sites for hydroxylation is 1. The number of anilines is 1. The van der Waals surface area contributed by atoms with Crippen LogP contribution in [-0.2, 0) is 7.05 Å². The molecule has 0 atom stereocenters. The molecule has 0 aromatic carbocycles. The number of nitrogens with two attached hydrogens (primary N) is 1. The van der Waals surface area contributed by atoms with Crippen LogP contribution in [0.4, 0.5) is 5.95 Å². The van der Waals surface area contributed by atoms with Crippen molar-refractivity contribution in [1.29, 1.82) is 0 Å². The van der Waals surface area contributed by atoms with E-state index in [2.05, 4.69) is 9.97 Å². The average Bonchev–Trinajstić information content (AvgIpc) is 2.42. The van der Waals surface area contributed by atoms with Gasteiger partial charge in [0.05, 0.1) is 5.56 Å². The zero-order chi connectivity index (χ0) is 10.3. The van der Waals surface area contributed by atoms with Gasteiger partial charge in [-0.3, -0.25) is 4.57 Å².